The van der Waals surface area contributed by atoms with Crippen molar-refractivity contribution in [3.63, 3.8) is 0 Å². The van der Waals surface area contributed by atoms with Crippen LogP contribution in [0.3, 0.4) is 0 Å². The van der Waals surface area contributed by atoms with E-state index in [4.69, 9.17) is 5.14 Å². The van der Waals surface area contributed by atoms with Crippen molar-refractivity contribution in [2.45, 2.75) is 11.3 Å². The number of nitrogens with two attached hydrogens (primary N) is 1. The van der Waals surface area contributed by atoms with Gasteiger partial charge in [0.2, 0.25) is 22.2 Å². The molecule has 130 valence electrons. The lowest BCUT2D eigenvalue weighted by molar-refractivity contribution is 0.418. The molecule has 0 aliphatic heterocycles. The van der Waals surface area contributed by atoms with Crippen molar-refractivity contribution in [2.75, 3.05) is 0 Å². The highest BCUT2D eigenvalue weighted by Crippen LogP contribution is 2.26. The molecule has 10 heteroatoms. The highest BCUT2D eigenvalue weighted by Gasteiger charge is 2.19. The lowest BCUT2D eigenvalue weighted by atomic mass is 10.0. The molecule has 0 fully saturated rings. The summed E-state index contributed by atoms with van der Waals surface area (Å²) in [5.74, 6) is -4.20. The minimum atomic E-state index is -4.13. The van der Waals surface area contributed by atoms with E-state index in [0.29, 0.717) is 5.56 Å². The van der Waals surface area contributed by atoms with Crippen LogP contribution in [0, 0.1) is 17.5 Å². The summed E-state index contributed by atoms with van der Waals surface area (Å²) in [6, 6.07) is 5.82. The van der Waals surface area contributed by atoms with Gasteiger partial charge in [-0.3, -0.25) is 0 Å². The molecule has 1 aromatic heterocycles. The Labute approximate surface area is 140 Å². The zero-order chi connectivity index (χ0) is 18.2. The fourth-order valence-corrected chi connectivity index (χ4v) is 3.11. The van der Waals surface area contributed by atoms with Crippen molar-refractivity contribution < 1.29 is 26.1 Å². The van der Waals surface area contributed by atoms with Gasteiger partial charge in [0, 0.05) is 5.56 Å². The molecule has 6 nitrogen and oxygen atoms in total. The summed E-state index contributed by atoms with van der Waals surface area (Å²) < 4.78 is 67.9. The molecule has 25 heavy (non-hydrogen) atoms. The number of rotatable bonds is 4. The summed E-state index contributed by atoms with van der Waals surface area (Å²) in [4.78, 5) is 3.50. The lowest BCUT2D eigenvalue weighted by Crippen LogP contribution is -2.14. The Bertz CT molecular complexity index is 1010. The molecule has 0 amide bonds. The summed E-state index contributed by atoms with van der Waals surface area (Å²) in [6.07, 6.45) is 0.989. The Morgan fingerprint density at radius 2 is 1.72 bits per heavy atom. The first-order valence-corrected chi connectivity index (χ1v) is 8.36. The number of halogens is 3. The Hall–Kier alpha value is -2.72. The molecular formula is C15H10F3N3O3S. The van der Waals surface area contributed by atoms with E-state index >= 15 is 0 Å². The number of benzene rings is 2. The van der Waals surface area contributed by atoms with E-state index in [1.807, 2.05) is 0 Å². The average Bonchev–Trinajstić information content (AvgIpc) is 3.06. The van der Waals surface area contributed by atoms with E-state index in [0.717, 1.165) is 18.5 Å². The van der Waals surface area contributed by atoms with Crippen molar-refractivity contribution in [3.8, 4) is 11.4 Å². The van der Waals surface area contributed by atoms with Crippen LogP contribution in [0.4, 0.5) is 13.2 Å². The van der Waals surface area contributed by atoms with E-state index in [1.165, 1.54) is 18.2 Å². The molecule has 0 saturated carbocycles. The van der Waals surface area contributed by atoms with Gasteiger partial charge in [0.1, 0.15) is 0 Å². The summed E-state index contributed by atoms with van der Waals surface area (Å²) in [6.45, 7) is 0. The third-order valence-corrected chi connectivity index (χ3v) is 4.36. The van der Waals surface area contributed by atoms with Crippen LogP contribution in [0.25, 0.3) is 11.4 Å². The van der Waals surface area contributed by atoms with Crippen LogP contribution in [-0.4, -0.2) is 18.6 Å². The van der Waals surface area contributed by atoms with Gasteiger partial charge < -0.3 is 4.52 Å². The quantitative estimate of drug-likeness (QED) is 0.712. The Morgan fingerprint density at radius 1 is 1.04 bits per heavy atom. The largest absolute Gasteiger partial charge is 0.342 e. The minimum Gasteiger partial charge on any atom is -0.342 e. The summed E-state index contributed by atoms with van der Waals surface area (Å²) >= 11 is 0. The van der Waals surface area contributed by atoms with E-state index in [2.05, 4.69) is 14.7 Å². The molecule has 0 atom stereocenters. The Balaban J connectivity index is 2.04. The molecule has 2 N–H and O–H groups in total. The van der Waals surface area contributed by atoms with Crippen molar-refractivity contribution in [1.29, 1.82) is 0 Å². The number of primary sulfonamides is 1. The van der Waals surface area contributed by atoms with Gasteiger partial charge in [0.15, 0.2) is 17.5 Å². The summed E-state index contributed by atoms with van der Waals surface area (Å²) in [7, 11) is -4.13. The van der Waals surface area contributed by atoms with Crippen LogP contribution < -0.4 is 5.14 Å². The second-order valence-electron chi connectivity index (χ2n) is 5.18. The smallest absolute Gasteiger partial charge is 0.238 e. The zero-order valence-electron chi connectivity index (χ0n) is 12.4. The SMILES string of the molecule is NS(=O)(=O)c1cc(Cc2cc(F)c(F)c(F)c2)ccc1-c1ncon1. The highest BCUT2D eigenvalue weighted by molar-refractivity contribution is 7.89. The van der Waals surface area contributed by atoms with Crippen LogP contribution in [0.15, 0.2) is 46.1 Å². The molecule has 1 heterocycles. The van der Waals surface area contributed by atoms with Crippen LogP contribution in [-0.2, 0) is 16.4 Å². The van der Waals surface area contributed by atoms with Gasteiger partial charge in [0.25, 0.3) is 0 Å². The van der Waals surface area contributed by atoms with Gasteiger partial charge in [-0.2, -0.15) is 4.98 Å². The van der Waals surface area contributed by atoms with Gasteiger partial charge in [-0.1, -0.05) is 11.2 Å². The molecule has 0 bridgehead atoms. The van der Waals surface area contributed by atoms with Crippen molar-refractivity contribution in [1.82, 2.24) is 10.1 Å². The maximum atomic E-state index is 13.3. The third-order valence-electron chi connectivity index (χ3n) is 3.41. The average molecular weight is 369 g/mol. The van der Waals surface area contributed by atoms with E-state index in [-0.39, 0.29) is 28.3 Å². The Kier molecular flexibility index (Phi) is 4.31. The molecule has 0 saturated heterocycles. The van der Waals surface area contributed by atoms with Crippen LogP contribution in [0.2, 0.25) is 0 Å². The topological polar surface area (TPSA) is 99.1 Å². The number of hydrogen-bond acceptors (Lipinski definition) is 5. The third kappa shape index (κ3) is 3.54. The predicted octanol–water partition coefficient (Wildman–Crippen LogP) is 2.39. The van der Waals surface area contributed by atoms with Gasteiger partial charge in [0.05, 0.1) is 4.90 Å². The highest BCUT2D eigenvalue weighted by atomic mass is 32.2. The number of aromatic nitrogens is 2. The van der Waals surface area contributed by atoms with Gasteiger partial charge >= 0.3 is 0 Å². The molecule has 3 rings (SSSR count). The molecule has 0 aliphatic rings. The fraction of sp³-hybridized carbons (Fsp3) is 0.0667. The normalized spacial score (nSPS) is 11.7. The summed E-state index contributed by atoms with van der Waals surface area (Å²) in [5.41, 5.74) is 0.641. The Morgan fingerprint density at radius 3 is 2.28 bits per heavy atom. The van der Waals surface area contributed by atoms with E-state index in [9.17, 15) is 21.6 Å². The first-order chi connectivity index (χ1) is 11.8. The standard InChI is InChI=1S/C15H10F3N3O3S/c16-11-4-9(5-12(17)14(11)18)3-8-1-2-10(15-20-7-24-21-15)13(6-8)25(19,22)23/h1-2,4-7H,3H2,(H2,19,22,23). The molecule has 0 spiro atoms. The molecule has 0 aliphatic carbocycles. The molecular weight excluding hydrogens is 359 g/mol. The minimum absolute atomic E-state index is 0.0226. The number of sulfonamides is 1. The van der Waals surface area contributed by atoms with Gasteiger partial charge in [-0.05, 0) is 41.8 Å². The molecule has 0 radical (unpaired) electrons. The van der Waals surface area contributed by atoms with Gasteiger partial charge in [-0.25, -0.2) is 26.7 Å². The maximum absolute atomic E-state index is 13.3. The second kappa shape index (κ2) is 6.30. The fourth-order valence-electron chi connectivity index (χ4n) is 2.33. The van der Waals surface area contributed by atoms with Crippen molar-refractivity contribution >= 4 is 10.0 Å². The zero-order valence-corrected chi connectivity index (χ0v) is 13.2. The monoisotopic (exact) mass is 369 g/mol. The lowest BCUT2D eigenvalue weighted by Gasteiger charge is -2.09. The van der Waals surface area contributed by atoms with E-state index in [1.54, 1.807) is 0 Å². The van der Waals surface area contributed by atoms with Crippen LogP contribution in [0.5, 0.6) is 0 Å². The molecule has 2 aromatic carbocycles. The van der Waals surface area contributed by atoms with Crippen LogP contribution >= 0.6 is 0 Å². The maximum Gasteiger partial charge on any atom is 0.238 e. The van der Waals surface area contributed by atoms with Gasteiger partial charge in [-0.15, -0.1) is 0 Å². The molecule has 0 unspecified atom stereocenters. The first-order valence-electron chi connectivity index (χ1n) is 6.81. The molecule has 3 aromatic rings. The second-order valence-corrected chi connectivity index (χ2v) is 6.71. The van der Waals surface area contributed by atoms with Crippen molar-refractivity contribution in [2.24, 2.45) is 5.14 Å². The van der Waals surface area contributed by atoms with Crippen molar-refractivity contribution in [3.05, 3.63) is 65.3 Å². The first kappa shape index (κ1) is 17.1. The number of nitrogens with zero attached hydrogens (tertiary/aromatic N) is 2. The predicted molar refractivity (Wildman–Crippen MR) is 80.2 cm³/mol. The van der Waals surface area contributed by atoms with Crippen LogP contribution in [0.1, 0.15) is 11.1 Å². The van der Waals surface area contributed by atoms with E-state index < -0.39 is 27.5 Å². The number of hydrogen-bond donors (Lipinski definition) is 1. The summed E-state index contributed by atoms with van der Waals surface area (Å²) in [5, 5.41) is 8.77.